The molecule has 41 heavy (non-hydrogen) atoms. The number of anilines is 2. The van der Waals surface area contributed by atoms with Crippen molar-refractivity contribution in [2.24, 2.45) is 0 Å². The van der Waals surface area contributed by atoms with E-state index in [1.807, 2.05) is 0 Å². The molecular weight excluding hydrogens is 554 g/mol. The summed E-state index contributed by atoms with van der Waals surface area (Å²) in [5.74, 6) is 0. The molecule has 2 aromatic rings. The first kappa shape index (κ1) is 30.5. The highest BCUT2D eigenvalue weighted by molar-refractivity contribution is 5.85. The van der Waals surface area contributed by atoms with Crippen LogP contribution in [-0.4, -0.2) is 36.7 Å². The lowest BCUT2D eigenvalue weighted by Crippen LogP contribution is -2.54. The Kier molecular flexibility index (Phi) is 9.38. The van der Waals surface area contributed by atoms with Crippen LogP contribution in [0.3, 0.4) is 0 Å². The second-order valence-corrected chi connectivity index (χ2v) is 10.5. The predicted molar refractivity (Wildman–Crippen MR) is 140 cm³/mol. The third kappa shape index (κ3) is 7.08. The summed E-state index contributed by atoms with van der Waals surface area (Å²) in [5.41, 5.74) is -6.56. The van der Waals surface area contributed by atoms with Gasteiger partial charge in [-0.2, -0.15) is 26.3 Å². The summed E-state index contributed by atoms with van der Waals surface area (Å²) < 4.78 is 97.5. The Labute approximate surface area is 233 Å². The highest BCUT2D eigenvalue weighted by Crippen LogP contribution is 2.56. The van der Waals surface area contributed by atoms with E-state index in [4.69, 9.17) is 9.47 Å². The molecule has 224 valence electrons. The van der Waals surface area contributed by atoms with Crippen molar-refractivity contribution < 1.29 is 45.4 Å². The molecule has 0 unspecified atom stereocenters. The average molecular weight is 587 g/mol. The maximum atomic E-state index is 14.5. The van der Waals surface area contributed by atoms with Gasteiger partial charge in [-0.25, -0.2) is 9.59 Å². The Balaban J connectivity index is 1.54. The van der Waals surface area contributed by atoms with Crippen LogP contribution in [0, 0.1) is 0 Å². The van der Waals surface area contributed by atoms with Gasteiger partial charge >= 0.3 is 24.5 Å². The van der Waals surface area contributed by atoms with Crippen LogP contribution in [0.5, 0.6) is 0 Å². The van der Waals surface area contributed by atoms with Crippen LogP contribution in [0.2, 0.25) is 0 Å². The molecule has 2 aromatic carbocycles. The molecule has 0 radical (unpaired) electrons. The van der Waals surface area contributed by atoms with E-state index < -0.39 is 41.1 Å². The average Bonchev–Trinajstić information content (AvgIpc) is 2.90. The topological polar surface area (TPSA) is 76.7 Å². The number of carbonyl (C=O) groups is 2. The normalized spacial score (nSPS) is 17.5. The van der Waals surface area contributed by atoms with Gasteiger partial charge in [0.1, 0.15) is 12.2 Å². The van der Waals surface area contributed by atoms with Crippen molar-refractivity contribution in [3.05, 3.63) is 59.7 Å². The molecule has 0 spiro atoms. The summed E-state index contributed by atoms with van der Waals surface area (Å²) in [6, 6.07) is 6.63. The van der Waals surface area contributed by atoms with Crippen molar-refractivity contribution in [1.82, 2.24) is 0 Å². The second kappa shape index (κ2) is 12.6. The molecular formula is C29H32F6N2O4. The van der Waals surface area contributed by atoms with Gasteiger partial charge in [0.15, 0.2) is 0 Å². The van der Waals surface area contributed by atoms with Crippen LogP contribution in [0.25, 0.3) is 0 Å². The lowest BCUT2D eigenvalue weighted by Gasteiger charge is -2.38. The summed E-state index contributed by atoms with van der Waals surface area (Å²) in [4.78, 5) is 24.4. The van der Waals surface area contributed by atoms with Gasteiger partial charge in [-0.1, -0.05) is 37.1 Å². The number of nitrogens with one attached hydrogen (secondary N) is 2. The molecule has 2 amide bonds. The molecule has 2 aliphatic carbocycles. The van der Waals surface area contributed by atoms with E-state index in [9.17, 15) is 35.9 Å². The quantitative estimate of drug-likeness (QED) is 0.332. The fourth-order valence-corrected chi connectivity index (χ4v) is 5.55. The largest absolute Gasteiger partial charge is 0.446 e. The van der Waals surface area contributed by atoms with Crippen molar-refractivity contribution in [2.45, 2.75) is 94.2 Å². The molecule has 0 aromatic heterocycles. The molecule has 0 atom stereocenters. The number of rotatable bonds is 6. The Morgan fingerprint density at radius 3 is 1.17 bits per heavy atom. The Morgan fingerprint density at radius 2 is 0.878 bits per heavy atom. The first-order valence-electron chi connectivity index (χ1n) is 13.7. The van der Waals surface area contributed by atoms with E-state index in [1.54, 1.807) is 0 Å². The fraction of sp³-hybridized carbons (Fsp3) is 0.517. The molecule has 0 saturated heterocycles. The lowest BCUT2D eigenvalue weighted by molar-refractivity contribution is -0.288. The molecule has 6 nitrogen and oxygen atoms in total. The standard InChI is InChI=1S/C29H32F6N2O4/c30-28(31,32)27(29(33,34)35,19-11-15-21(16-12-19)36-25(38)40-23-7-3-1-4-8-23)20-13-17-22(18-14-20)37-26(39)41-24-9-5-2-6-10-24/h11-18,23-24H,1-10H2,(H,36,38)(H,37,39). The number of carbonyl (C=O) groups excluding carboxylic acids is 2. The third-order valence-electron chi connectivity index (χ3n) is 7.63. The predicted octanol–water partition coefficient (Wildman–Crippen LogP) is 8.86. The van der Waals surface area contributed by atoms with E-state index in [1.165, 1.54) is 0 Å². The molecule has 12 heteroatoms. The molecule has 2 fully saturated rings. The highest BCUT2D eigenvalue weighted by atomic mass is 19.4. The maximum absolute atomic E-state index is 14.5. The Bertz CT molecular complexity index is 1080. The number of ether oxygens (including phenoxy) is 2. The number of amides is 2. The van der Waals surface area contributed by atoms with E-state index in [0.717, 1.165) is 62.8 Å². The minimum atomic E-state index is -5.78. The van der Waals surface area contributed by atoms with Crippen LogP contribution in [-0.2, 0) is 14.9 Å². The van der Waals surface area contributed by atoms with Gasteiger partial charge in [0.25, 0.3) is 0 Å². The number of benzene rings is 2. The molecule has 4 rings (SSSR count). The van der Waals surface area contributed by atoms with Crippen molar-refractivity contribution in [2.75, 3.05) is 10.6 Å². The first-order valence-corrected chi connectivity index (χ1v) is 13.7. The van der Waals surface area contributed by atoms with Crippen molar-refractivity contribution >= 4 is 23.6 Å². The van der Waals surface area contributed by atoms with Gasteiger partial charge in [-0.3, -0.25) is 10.6 Å². The second-order valence-electron chi connectivity index (χ2n) is 10.5. The highest BCUT2D eigenvalue weighted by Gasteiger charge is 2.72. The number of halogens is 6. The van der Waals surface area contributed by atoms with Gasteiger partial charge in [-0.15, -0.1) is 0 Å². The van der Waals surface area contributed by atoms with Crippen LogP contribution < -0.4 is 10.6 Å². The minimum Gasteiger partial charge on any atom is -0.446 e. The smallest absolute Gasteiger partial charge is 0.411 e. The Morgan fingerprint density at radius 1 is 0.561 bits per heavy atom. The Hall–Kier alpha value is -3.44. The van der Waals surface area contributed by atoms with Gasteiger partial charge in [0.2, 0.25) is 5.41 Å². The summed E-state index contributed by atoms with van der Waals surface area (Å²) in [6.07, 6.45) is -5.29. The minimum absolute atomic E-state index is 0.0103. The van der Waals surface area contributed by atoms with Crippen molar-refractivity contribution in [3.8, 4) is 0 Å². The van der Waals surface area contributed by atoms with E-state index >= 15 is 0 Å². The van der Waals surface area contributed by atoms with Gasteiger partial charge in [0, 0.05) is 11.4 Å². The van der Waals surface area contributed by atoms with Gasteiger partial charge in [0.05, 0.1) is 0 Å². The van der Waals surface area contributed by atoms with Crippen LogP contribution in [0.4, 0.5) is 47.3 Å². The summed E-state index contributed by atoms with van der Waals surface area (Å²) in [6.45, 7) is 0. The molecule has 0 heterocycles. The molecule has 2 N–H and O–H groups in total. The number of hydrogen-bond donors (Lipinski definition) is 2. The maximum Gasteiger partial charge on any atom is 0.411 e. The SMILES string of the molecule is O=C(Nc1ccc(C(c2ccc(NC(=O)OC3CCCCC3)cc2)(C(F)(F)F)C(F)(F)F)cc1)OC1CCCCC1. The zero-order chi connectivity index (χ0) is 29.7. The molecule has 2 saturated carbocycles. The van der Waals surface area contributed by atoms with E-state index in [0.29, 0.717) is 49.9 Å². The zero-order valence-electron chi connectivity index (χ0n) is 22.2. The monoisotopic (exact) mass is 586 g/mol. The summed E-state index contributed by atoms with van der Waals surface area (Å²) >= 11 is 0. The molecule has 2 aliphatic rings. The summed E-state index contributed by atoms with van der Waals surface area (Å²) in [5, 5.41) is 4.73. The van der Waals surface area contributed by atoms with Crippen molar-refractivity contribution in [1.29, 1.82) is 0 Å². The van der Waals surface area contributed by atoms with Crippen molar-refractivity contribution in [3.63, 3.8) is 0 Å². The first-order chi connectivity index (χ1) is 19.4. The van der Waals surface area contributed by atoms with Crippen LogP contribution in [0.1, 0.15) is 75.3 Å². The fourth-order valence-electron chi connectivity index (χ4n) is 5.55. The lowest BCUT2D eigenvalue weighted by atomic mass is 9.73. The molecule has 0 aliphatic heterocycles. The summed E-state index contributed by atoms with van der Waals surface area (Å²) in [7, 11) is 0. The third-order valence-corrected chi connectivity index (χ3v) is 7.63. The van der Waals surface area contributed by atoms with Gasteiger partial charge < -0.3 is 9.47 Å². The van der Waals surface area contributed by atoms with E-state index in [2.05, 4.69) is 10.6 Å². The van der Waals surface area contributed by atoms with E-state index in [-0.39, 0.29) is 23.6 Å². The van der Waals surface area contributed by atoms with Crippen LogP contribution >= 0.6 is 0 Å². The number of alkyl halides is 6. The van der Waals surface area contributed by atoms with Gasteiger partial charge in [-0.05, 0) is 86.8 Å². The number of hydrogen-bond acceptors (Lipinski definition) is 4. The van der Waals surface area contributed by atoms with Crippen LogP contribution in [0.15, 0.2) is 48.5 Å². The zero-order valence-corrected chi connectivity index (χ0v) is 22.2. The molecule has 0 bridgehead atoms.